The van der Waals surface area contributed by atoms with Crippen molar-refractivity contribution in [3.63, 3.8) is 0 Å². The summed E-state index contributed by atoms with van der Waals surface area (Å²) < 4.78 is 37.5. The van der Waals surface area contributed by atoms with Crippen LogP contribution in [0.1, 0.15) is 5.56 Å². The SMILES string of the molecule is O=S1CCN(S(=O)(=O)c2ccc(Cl)c(CCl)c2)CC1. The minimum Gasteiger partial charge on any atom is -0.259 e. The molecule has 0 aliphatic carbocycles. The lowest BCUT2D eigenvalue weighted by Crippen LogP contribution is -2.41. The van der Waals surface area contributed by atoms with Crippen molar-refractivity contribution in [1.82, 2.24) is 4.31 Å². The van der Waals surface area contributed by atoms with E-state index < -0.39 is 20.8 Å². The first-order valence-corrected chi connectivity index (χ1v) is 9.48. The molecule has 1 aliphatic rings. The molecule has 4 nitrogen and oxygen atoms in total. The maximum absolute atomic E-state index is 12.4. The molecule has 1 aromatic carbocycles. The Kier molecular flexibility index (Phi) is 4.89. The van der Waals surface area contributed by atoms with E-state index in [0.29, 0.717) is 22.1 Å². The van der Waals surface area contributed by atoms with Gasteiger partial charge in [0.15, 0.2) is 0 Å². The molecular formula is C11H13Cl2NO3S2. The molecule has 0 unspecified atom stereocenters. The van der Waals surface area contributed by atoms with Crippen molar-refractivity contribution in [2.24, 2.45) is 0 Å². The topological polar surface area (TPSA) is 54.5 Å². The second kappa shape index (κ2) is 6.10. The zero-order chi connectivity index (χ0) is 14.0. The number of halogens is 2. The second-order valence-electron chi connectivity index (χ2n) is 4.14. The molecule has 0 bridgehead atoms. The summed E-state index contributed by atoms with van der Waals surface area (Å²) in [5, 5.41) is 0.452. The van der Waals surface area contributed by atoms with Gasteiger partial charge in [-0.1, -0.05) is 11.6 Å². The van der Waals surface area contributed by atoms with Crippen LogP contribution in [-0.4, -0.2) is 41.5 Å². The summed E-state index contributed by atoms with van der Waals surface area (Å²) in [7, 11) is -4.46. The Morgan fingerprint density at radius 1 is 1.26 bits per heavy atom. The Morgan fingerprint density at radius 2 is 1.89 bits per heavy atom. The summed E-state index contributed by atoms with van der Waals surface area (Å²) in [6, 6.07) is 4.50. The maximum atomic E-state index is 12.4. The van der Waals surface area contributed by atoms with E-state index in [1.165, 1.54) is 22.5 Å². The number of rotatable bonds is 3. The maximum Gasteiger partial charge on any atom is 0.243 e. The van der Waals surface area contributed by atoms with E-state index in [1.54, 1.807) is 0 Å². The Balaban J connectivity index is 2.31. The Bertz CT molecular complexity index is 594. The molecule has 1 heterocycles. The molecule has 106 valence electrons. The molecule has 0 radical (unpaired) electrons. The zero-order valence-electron chi connectivity index (χ0n) is 10.0. The van der Waals surface area contributed by atoms with Gasteiger partial charge in [-0.15, -0.1) is 11.6 Å². The number of sulfonamides is 1. The molecule has 0 spiro atoms. The molecule has 0 N–H and O–H groups in total. The van der Waals surface area contributed by atoms with E-state index in [0.717, 1.165) is 0 Å². The fraction of sp³-hybridized carbons (Fsp3) is 0.455. The lowest BCUT2D eigenvalue weighted by molar-refractivity contribution is 0.438. The average Bonchev–Trinajstić information content (AvgIpc) is 2.39. The molecular weight excluding hydrogens is 329 g/mol. The van der Waals surface area contributed by atoms with E-state index >= 15 is 0 Å². The largest absolute Gasteiger partial charge is 0.259 e. The van der Waals surface area contributed by atoms with E-state index in [1.807, 2.05) is 0 Å². The van der Waals surface area contributed by atoms with Gasteiger partial charge in [0.25, 0.3) is 0 Å². The predicted octanol–water partition coefficient (Wildman–Crippen LogP) is 1.83. The summed E-state index contributed by atoms with van der Waals surface area (Å²) in [5.41, 5.74) is 0.588. The minimum absolute atomic E-state index is 0.159. The quantitative estimate of drug-likeness (QED) is 0.788. The first-order valence-electron chi connectivity index (χ1n) is 5.64. The van der Waals surface area contributed by atoms with Crippen LogP contribution in [0.4, 0.5) is 0 Å². The van der Waals surface area contributed by atoms with Crippen molar-refractivity contribution in [1.29, 1.82) is 0 Å². The fourth-order valence-corrected chi connectivity index (χ4v) is 5.07. The summed E-state index contributed by atoms with van der Waals surface area (Å²) in [6.07, 6.45) is 0. The van der Waals surface area contributed by atoms with E-state index in [4.69, 9.17) is 23.2 Å². The first-order chi connectivity index (χ1) is 8.95. The summed E-state index contributed by atoms with van der Waals surface area (Å²) in [6.45, 7) is 0.571. The molecule has 0 amide bonds. The van der Waals surface area contributed by atoms with Crippen molar-refractivity contribution in [3.8, 4) is 0 Å². The fourth-order valence-electron chi connectivity index (χ4n) is 1.82. The molecule has 1 fully saturated rings. The van der Waals surface area contributed by atoms with Crippen LogP contribution >= 0.6 is 23.2 Å². The third-order valence-corrected chi connectivity index (χ3v) is 6.76. The van der Waals surface area contributed by atoms with Gasteiger partial charge in [-0.05, 0) is 23.8 Å². The number of alkyl halides is 1. The van der Waals surface area contributed by atoms with Crippen LogP contribution in [0.25, 0.3) is 0 Å². The third kappa shape index (κ3) is 3.31. The van der Waals surface area contributed by atoms with Crippen LogP contribution in [0, 0.1) is 0 Å². The molecule has 2 rings (SSSR count). The molecule has 1 aliphatic heterocycles. The van der Waals surface area contributed by atoms with Gasteiger partial charge >= 0.3 is 0 Å². The van der Waals surface area contributed by atoms with Crippen LogP contribution in [0.2, 0.25) is 5.02 Å². The smallest absolute Gasteiger partial charge is 0.243 e. The molecule has 0 saturated carbocycles. The lowest BCUT2D eigenvalue weighted by Gasteiger charge is -2.25. The highest BCUT2D eigenvalue weighted by Crippen LogP contribution is 2.24. The van der Waals surface area contributed by atoms with E-state index in [-0.39, 0.29) is 23.9 Å². The average molecular weight is 342 g/mol. The van der Waals surface area contributed by atoms with Gasteiger partial charge in [0.1, 0.15) is 0 Å². The second-order valence-corrected chi connectivity index (χ2v) is 8.45. The van der Waals surface area contributed by atoms with Crippen molar-refractivity contribution in [3.05, 3.63) is 28.8 Å². The van der Waals surface area contributed by atoms with Gasteiger partial charge in [-0.3, -0.25) is 4.21 Å². The molecule has 0 aromatic heterocycles. The van der Waals surface area contributed by atoms with Gasteiger partial charge in [0.05, 0.1) is 4.90 Å². The van der Waals surface area contributed by atoms with Gasteiger partial charge in [0.2, 0.25) is 10.0 Å². The third-order valence-electron chi connectivity index (χ3n) is 2.94. The van der Waals surface area contributed by atoms with Gasteiger partial charge in [-0.2, -0.15) is 4.31 Å². The molecule has 19 heavy (non-hydrogen) atoms. The standard InChI is InChI=1S/C11H13Cl2NO3S2/c12-8-9-7-10(1-2-11(9)13)19(16,17)14-3-5-18(15)6-4-14/h1-2,7H,3-6,8H2. The highest BCUT2D eigenvalue weighted by molar-refractivity contribution is 7.89. The first kappa shape index (κ1) is 15.3. The van der Waals surface area contributed by atoms with Crippen LogP contribution in [0.3, 0.4) is 0 Å². The van der Waals surface area contributed by atoms with Crippen LogP contribution in [0.15, 0.2) is 23.1 Å². The minimum atomic E-state index is -3.55. The monoisotopic (exact) mass is 341 g/mol. The van der Waals surface area contributed by atoms with Crippen LogP contribution < -0.4 is 0 Å². The normalized spacial score (nSPS) is 18.6. The molecule has 8 heteroatoms. The van der Waals surface area contributed by atoms with Crippen molar-refractivity contribution in [2.45, 2.75) is 10.8 Å². The Labute approximate surface area is 125 Å². The molecule has 0 atom stereocenters. The van der Waals surface area contributed by atoms with Gasteiger partial charge < -0.3 is 0 Å². The van der Waals surface area contributed by atoms with Crippen molar-refractivity contribution in [2.75, 3.05) is 24.6 Å². The summed E-state index contributed by atoms with van der Waals surface area (Å²) >= 11 is 11.6. The van der Waals surface area contributed by atoms with Crippen LogP contribution in [0.5, 0.6) is 0 Å². The Morgan fingerprint density at radius 3 is 2.47 bits per heavy atom. The van der Waals surface area contributed by atoms with Gasteiger partial charge in [0, 0.05) is 46.3 Å². The lowest BCUT2D eigenvalue weighted by atomic mass is 10.2. The number of hydrogen-bond donors (Lipinski definition) is 0. The van der Waals surface area contributed by atoms with Crippen LogP contribution in [-0.2, 0) is 26.7 Å². The Hall–Kier alpha value is -0.140. The highest BCUT2D eigenvalue weighted by Gasteiger charge is 2.28. The summed E-state index contributed by atoms with van der Waals surface area (Å²) in [5.74, 6) is 0.927. The highest BCUT2D eigenvalue weighted by atomic mass is 35.5. The van der Waals surface area contributed by atoms with Crippen molar-refractivity contribution < 1.29 is 12.6 Å². The predicted molar refractivity (Wildman–Crippen MR) is 77.6 cm³/mol. The van der Waals surface area contributed by atoms with Gasteiger partial charge in [-0.25, -0.2) is 8.42 Å². The molecule has 1 saturated heterocycles. The van der Waals surface area contributed by atoms with E-state index in [2.05, 4.69) is 0 Å². The molecule has 1 aromatic rings. The van der Waals surface area contributed by atoms with E-state index in [9.17, 15) is 12.6 Å². The van der Waals surface area contributed by atoms with Crippen molar-refractivity contribution >= 4 is 44.0 Å². The zero-order valence-corrected chi connectivity index (χ0v) is 13.2. The number of nitrogens with zero attached hydrogens (tertiary/aromatic N) is 1. The summed E-state index contributed by atoms with van der Waals surface area (Å²) in [4.78, 5) is 0.181. The number of hydrogen-bond acceptors (Lipinski definition) is 3. The number of benzene rings is 1.